The van der Waals surface area contributed by atoms with E-state index in [1.807, 2.05) is 13.8 Å². The van der Waals surface area contributed by atoms with Crippen molar-refractivity contribution in [3.8, 4) is 0 Å². The van der Waals surface area contributed by atoms with E-state index in [9.17, 15) is 8.78 Å². The molecule has 2 nitrogen and oxygen atoms in total. The molecule has 3 N–H and O–H groups in total. The highest BCUT2D eigenvalue weighted by Crippen LogP contribution is 2.22. The predicted molar refractivity (Wildman–Crippen MR) is 65.7 cm³/mol. The molecule has 0 saturated carbocycles. The second-order valence-corrected chi connectivity index (χ2v) is 5.04. The molecule has 0 heterocycles. The van der Waals surface area contributed by atoms with E-state index in [0.29, 0.717) is 0 Å². The molecule has 0 radical (unpaired) electrons. The molecule has 0 amide bonds. The van der Waals surface area contributed by atoms with Crippen molar-refractivity contribution >= 4 is 0 Å². The van der Waals surface area contributed by atoms with Crippen molar-refractivity contribution in [1.29, 1.82) is 0 Å². The first kappa shape index (κ1) is 14.1. The number of rotatable bonds is 5. The highest BCUT2D eigenvalue weighted by atomic mass is 19.2. The van der Waals surface area contributed by atoms with Crippen LogP contribution in [-0.2, 0) is 0 Å². The van der Waals surface area contributed by atoms with Gasteiger partial charge in [0.05, 0.1) is 0 Å². The summed E-state index contributed by atoms with van der Waals surface area (Å²) >= 11 is 0. The van der Waals surface area contributed by atoms with Gasteiger partial charge in [0.15, 0.2) is 11.6 Å². The van der Waals surface area contributed by atoms with Crippen LogP contribution in [0, 0.1) is 11.6 Å². The molecule has 1 rings (SSSR count). The monoisotopic (exact) mass is 242 g/mol. The molecule has 0 aliphatic rings. The normalized spacial score (nSPS) is 13.8. The van der Waals surface area contributed by atoms with Crippen molar-refractivity contribution < 1.29 is 8.78 Å². The van der Waals surface area contributed by atoms with E-state index in [4.69, 9.17) is 5.73 Å². The lowest BCUT2D eigenvalue weighted by molar-refractivity contribution is 0.409. The zero-order chi connectivity index (χ0) is 13.1. The van der Waals surface area contributed by atoms with Gasteiger partial charge in [0.2, 0.25) is 0 Å². The van der Waals surface area contributed by atoms with Gasteiger partial charge in [-0.25, -0.2) is 8.78 Å². The molecule has 0 spiro atoms. The van der Waals surface area contributed by atoms with Crippen molar-refractivity contribution in [2.45, 2.75) is 38.3 Å². The van der Waals surface area contributed by atoms with Crippen LogP contribution < -0.4 is 11.1 Å². The molecule has 1 aromatic rings. The van der Waals surface area contributed by atoms with Crippen molar-refractivity contribution in [2.24, 2.45) is 5.73 Å². The Labute approximate surface area is 101 Å². The lowest BCUT2D eigenvalue weighted by Crippen LogP contribution is -2.33. The Morgan fingerprint density at radius 1 is 1.29 bits per heavy atom. The maximum atomic E-state index is 13.1. The molecular formula is C13H20F2N2. The van der Waals surface area contributed by atoms with Gasteiger partial charge in [-0.3, -0.25) is 0 Å². The lowest BCUT2D eigenvalue weighted by Gasteiger charge is -2.23. The summed E-state index contributed by atoms with van der Waals surface area (Å²) in [6.07, 6.45) is 1.59. The minimum absolute atomic E-state index is 0.00655. The summed E-state index contributed by atoms with van der Waals surface area (Å²) in [5, 5.41) is 3.09. The summed E-state index contributed by atoms with van der Waals surface area (Å²) in [6, 6.07) is 3.99. The van der Waals surface area contributed by atoms with E-state index in [0.717, 1.165) is 24.5 Å². The van der Waals surface area contributed by atoms with E-state index in [1.165, 1.54) is 6.07 Å². The third-order valence-electron chi connectivity index (χ3n) is 2.77. The van der Waals surface area contributed by atoms with Gasteiger partial charge in [0.1, 0.15) is 0 Å². The second-order valence-electron chi connectivity index (χ2n) is 5.04. The van der Waals surface area contributed by atoms with Crippen LogP contribution in [0.2, 0.25) is 0 Å². The summed E-state index contributed by atoms with van der Waals surface area (Å²) in [4.78, 5) is 0. The van der Waals surface area contributed by atoms with E-state index in [1.54, 1.807) is 13.1 Å². The lowest BCUT2D eigenvalue weighted by atomic mass is 9.93. The number of benzene rings is 1. The Balaban J connectivity index is 2.76. The maximum Gasteiger partial charge on any atom is 0.159 e. The molecule has 1 aromatic carbocycles. The summed E-state index contributed by atoms with van der Waals surface area (Å²) in [5.74, 6) is -1.63. The molecule has 4 heteroatoms. The molecule has 0 saturated heterocycles. The van der Waals surface area contributed by atoms with Gasteiger partial charge in [-0.2, -0.15) is 0 Å². The fourth-order valence-corrected chi connectivity index (χ4v) is 1.72. The standard InChI is InChI=1S/C13H20F2N2/c1-13(2,16)7-6-12(17-3)9-4-5-10(14)11(15)8-9/h4-5,8,12,17H,6-7,16H2,1-3H3. The molecule has 17 heavy (non-hydrogen) atoms. The van der Waals surface area contributed by atoms with Crippen LogP contribution in [0.15, 0.2) is 18.2 Å². The van der Waals surface area contributed by atoms with Crippen LogP contribution in [0.3, 0.4) is 0 Å². The summed E-state index contributed by atoms with van der Waals surface area (Å²) < 4.78 is 25.9. The first-order valence-corrected chi connectivity index (χ1v) is 5.74. The predicted octanol–water partition coefficient (Wildman–Crippen LogP) is 2.74. The Morgan fingerprint density at radius 2 is 1.94 bits per heavy atom. The van der Waals surface area contributed by atoms with Crippen LogP contribution in [0.4, 0.5) is 8.78 Å². The highest BCUT2D eigenvalue weighted by molar-refractivity contribution is 5.21. The van der Waals surface area contributed by atoms with Gasteiger partial charge in [-0.15, -0.1) is 0 Å². The fourth-order valence-electron chi connectivity index (χ4n) is 1.72. The smallest absolute Gasteiger partial charge is 0.159 e. The van der Waals surface area contributed by atoms with Crippen molar-refractivity contribution in [2.75, 3.05) is 7.05 Å². The quantitative estimate of drug-likeness (QED) is 0.833. The average molecular weight is 242 g/mol. The van der Waals surface area contributed by atoms with Gasteiger partial charge in [0.25, 0.3) is 0 Å². The van der Waals surface area contributed by atoms with Gasteiger partial charge in [0, 0.05) is 11.6 Å². The Hall–Kier alpha value is -1.00. The molecule has 0 aromatic heterocycles. The minimum atomic E-state index is -0.817. The first-order valence-electron chi connectivity index (χ1n) is 5.74. The Kier molecular flexibility index (Phi) is 4.60. The Morgan fingerprint density at radius 3 is 2.41 bits per heavy atom. The third kappa shape index (κ3) is 4.40. The van der Waals surface area contributed by atoms with E-state index < -0.39 is 11.6 Å². The first-order chi connectivity index (χ1) is 7.83. The van der Waals surface area contributed by atoms with Crippen molar-refractivity contribution in [3.05, 3.63) is 35.4 Å². The van der Waals surface area contributed by atoms with Gasteiger partial charge in [-0.05, 0) is 51.4 Å². The average Bonchev–Trinajstić information content (AvgIpc) is 2.22. The fraction of sp³-hybridized carbons (Fsp3) is 0.538. The maximum absolute atomic E-state index is 13.1. The SMILES string of the molecule is CNC(CCC(C)(C)N)c1ccc(F)c(F)c1. The molecule has 1 atom stereocenters. The highest BCUT2D eigenvalue weighted by Gasteiger charge is 2.16. The number of hydrogen-bond donors (Lipinski definition) is 2. The van der Waals surface area contributed by atoms with Gasteiger partial charge >= 0.3 is 0 Å². The number of nitrogens with one attached hydrogen (secondary N) is 1. The Bertz CT molecular complexity index is 372. The van der Waals surface area contributed by atoms with E-state index >= 15 is 0 Å². The van der Waals surface area contributed by atoms with E-state index in [-0.39, 0.29) is 11.6 Å². The van der Waals surface area contributed by atoms with Crippen LogP contribution in [-0.4, -0.2) is 12.6 Å². The molecule has 0 fully saturated rings. The molecular weight excluding hydrogens is 222 g/mol. The topological polar surface area (TPSA) is 38.0 Å². The van der Waals surface area contributed by atoms with E-state index in [2.05, 4.69) is 5.32 Å². The number of halogens is 2. The number of hydrogen-bond acceptors (Lipinski definition) is 2. The van der Waals surface area contributed by atoms with Crippen LogP contribution in [0.25, 0.3) is 0 Å². The molecule has 1 unspecified atom stereocenters. The van der Waals surface area contributed by atoms with Gasteiger partial charge in [-0.1, -0.05) is 6.07 Å². The third-order valence-corrected chi connectivity index (χ3v) is 2.77. The molecule has 0 aliphatic heterocycles. The van der Waals surface area contributed by atoms with Crippen molar-refractivity contribution in [1.82, 2.24) is 5.32 Å². The summed E-state index contributed by atoms with van der Waals surface area (Å²) in [7, 11) is 1.80. The molecule has 96 valence electrons. The van der Waals surface area contributed by atoms with Crippen molar-refractivity contribution in [3.63, 3.8) is 0 Å². The molecule has 0 bridgehead atoms. The van der Waals surface area contributed by atoms with Crippen LogP contribution >= 0.6 is 0 Å². The van der Waals surface area contributed by atoms with Crippen LogP contribution in [0.1, 0.15) is 38.3 Å². The summed E-state index contributed by atoms with van der Waals surface area (Å²) in [5.41, 5.74) is 6.40. The van der Waals surface area contributed by atoms with Crippen LogP contribution in [0.5, 0.6) is 0 Å². The largest absolute Gasteiger partial charge is 0.326 e. The summed E-state index contributed by atoms with van der Waals surface area (Å²) in [6.45, 7) is 3.90. The van der Waals surface area contributed by atoms with Gasteiger partial charge < -0.3 is 11.1 Å². The second kappa shape index (κ2) is 5.56. The minimum Gasteiger partial charge on any atom is -0.326 e. The molecule has 0 aliphatic carbocycles. The zero-order valence-corrected chi connectivity index (χ0v) is 10.6. The zero-order valence-electron chi connectivity index (χ0n) is 10.6. The number of nitrogens with two attached hydrogens (primary N) is 1.